The van der Waals surface area contributed by atoms with Gasteiger partial charge in [0.2, 0.25) is 5.91 Å². The highest BCUT2D eigenvalue weighted by Crippen LogP contribution is 2.27. The van der Waals surface area contributed by atoms with Gasteiger partial charge in [-0.2, -0.15) is 0 Å². The van der Waals surface area contributed by atoms with Crippen molar-refractivity contribution in [3.05, 3.63) is 35.2 Å². The van der Waals surface area contributed by atoms with Gasteiger partial charge in [0.25, 0.3) is 0 Å². The van der Waals surface area contributed by atoms with Crippen molar-refractivity contribution in [1.29, 1.82) is 0 Å². The van der Waals surface area contributed by atoms with E-state index < -0.39 is 5.54 Å². The molecule has 0 radical (unpaired) electrons. The molecule has 122 valence electrons. The average Bonchev–Trinajstić information content (AvgIpc) is 3.04. The van der Waals surface area contributed by atoms with E-state index in [1.54, 1.807) is 0 Å². The minimum absolute atomic E-state index is 0.178. The van der Waals surface area contributed by atoms with Crippen molar-refractivity contribution < 1.29 is 9.53 Å². The van der Waals surface area contributed by atoms with Gasteiger partial charge in [0.05, 0.1) is 5.69 Å². The van der Waals surface area contributed by atoms with Crippen LogP contribution in [-0.4, -0.2) is 29.6 Å². The number of nitrogens with two attached hydrogens (primary N) is 1. The fourth-order valence-corrected chi connectivity index (χ4v) is 3.27. The van der Waals surface area contributed by atoms with Crippen LogP contribution < -0.4 is 11.1 Å². The van der Waals surface area contributed by atoms with E-state index in [1.165, 1.54) is 16.9 Å². The smallest absolute Gasteiger partial charge is 0.246 e. The first-order valence-corrected chi connectivity index (χ1v) is 8.71. The third-order valence-corrected chi connectivity index (χ3v) is 4.98. The van der Waals surface area contributed by atoms with Crippen LogP contribution in [0, 0.1) is 0 Å². The van der Waals surface area contributed by atoms with Crippen molar-refractivity contribution in [2.75, 3.05) is 18.5 Å². The average molecular weight is 331 g/mol. The molecule has 23 heavy (non-hydrogen) atoms. The topological polar surface area (TPSA) is 77.2 Å². The zero-order valence-electron chi connectivity index (χ0n) is 13.2. The van der Waals surface area contributed by atoms with Crippen molar-refractivity contribution in [3.63, 3.8) is 0 Å². The number of amides is 1. The minimum atomic E-state index is -0.854. The van der Waals surface area contributed by atoms with Crippen LogP contribution in [0.1, 0.15) is 25.3 Å². The predicted octanol–water partition coefficient (Wildman–Crippen LogP) is 2.82. The van der Waals surface area contributed by atoms with E-state index in [0.717, 1.165) is 17.7 Å². The van der Waals surface area contributed by atoms with Crippen molar-refractivity contribution in [3.8, 4) is 11.3 Å². The van der Waals surface area contributed by atoms with E-state index in [2.05, 4.69) is 41.5 Å². The lowest BCUT2D eigenvalue weighted by Gasteiger charge is -2.31. The number of rotatable bonds is 4. The first kappa shape index (κ1) is 16.1. The second kappa shape index (κ2) is 6.78. The quantitative estimate of drug-likeness (QED) is 0.903. The second-order valence-corrected chi connectivity index (χ2v) is 6.67. The summed E-state index contributed by atoms with van der Waals surface area (Å²) in [6.45, 7) is 3.18. The summed E-state index contributed by atoms with van der Waals surface area (Å²) in [6, 6.07) is 8.32. The van der Waals surface area contributed by atoms with Crippen LogP contribution in [0.3, 0.4) is 0 Å². The molecule has 1 aliphatic rings. The fraction of sp³-hybridized carbons (Fsp3) is 0.412. The lowest BCUT2D eigenvalue weighted by Crippen LogP contribution is -2.54. The number of thiazole rings is 1. The van der Waals surface area contributed by atoms with E-state index in [1.807, 2.05) is 5.38 Å². The molecular weight excluding hydrogens is 310 g/mol. The van der Waals surface area contributed by atoms with Crippen molar-refractivity contribution >= 4 is 22.4 Å². The Labute approximate surface area is 139 Å². The maximum Gasteiger partial charge on any atom is 0.246 e. The largest absolute Gasteiger partial charge is 0.381 e. The first-order valence-electron chi connectivity index (χ1n) is 7.83. The summed E-state index contributed by atoms with van der Waals surface area (Å²) in [4.78, 5) is 16.9. The number of benzene rings is 1. The first-order chi connectivity index (χ1) is 11.1. The normalized spacial score (nSPS) is 17.0. The standard InChI is InChI=1S/C17H21N3O2S/c1-2-12-3-5-13(6-4-12)14-11-23-16(19-14)20-15(21)17(18)7-9-22-10-8-17/h3-6,11H,2,7-10,18H2,1H3,(H,19,20,21). The number of hydrogen-bond donors (Lipinski definition) is 2. The maximum absolute atomic E-state index is 12.4. The summed E-state index contributed by atoms with van der Waals surface area (Å²) in [5, 5.41) is 5.39. The molecule has 0 bridgehead atoms. The van der Waals surface area contributed by atoms with Gasteiger partial charge in [-0.1, -0.05) is 31.2 Å². The molecule has 6 heteroatoms. The molecular formula is C17H21N3O2S. The Bertz CT molecular complexity index is 675. The maximum atomic E-state index is 12.4. The minimum Gasteiger partial charge on any atom is -0.381 e. The number of ether oxygens (including phenoxy) is 1. The van der Waals surface area contributed by atoms with Gasteiger partial charge in [0, 0.05) is 24.2 Å². The molecule has 2 aromatic rings. The Morgan fingerprint density at radius 2 is 2.04 bits per heavy atom. The van der Waals surface area contributed by atoms with Gasteiger partial charge in [-0.15, -0.1) is 11.3 Å². The van der Waals surface area contributed by atoms with Crippen LogP contribution in [0.4, 0.5) is 5.13 Å². The molecule has 2 heterocycles. The van der Waals surface area contributed by atoms with Gasteiger partial charge in [-0.3, -0.25) is 4.79 Å². The number of aryl methyl sites for hydroxylation is 1. The van der Waals surface area contributed by atoms with Gasteiger partial charge in [0.15, 0.2) is 5.13 Å². The lowest BCUT2D eigenvalue weighted by molar-refractivity contribution is -0.124. The highest BCUT2D eigenvalue weighted by molar-refractivity contribution is 7.14. The highest BCUT2D eigenvalue weighted by atomic mass is 32.1. The van der Waals surface area contributed by atoms with Crippen molar-refractivity contribution in [1.82, 2.24) is 4.98 Å². The van der Waals surface area contributed by atoms with Crippen LogP contribution in [-0.2, 0) is 16.0 Å². The summed E-state index contributed by atoms with van der Waals surface area (Å²) < 4.78 is 5.27. The molecule has 5 nitrogen and oxygen atoms in total. The SMILES string of the molecule is CCc1ccc(-c2csc(NC(=O)C3(N)CCOCC3)n2)cc1. The highest BCUT2D eigenvalue weighted by Gasteiger charge is 2.36. The van der Waals surface area contributed by atoms with E-state index in [9.17, 15) is 4.79 Å². The molecule has 0 spiro atoms. The molecule has 0 atom stereocenters. The summed E-state index contributed by atoms with van der Waals surface area (Å²) in [5.41, 5.74) is 8.54. The van der Waals surface area contributed by atoms with E-state index in [0.29, 0.717) is 31.2 Å². The predicted molar refractivity (Wildman–Crippen MR) is 92.5 cm³/mol. The van der Waals surface area contributed by atoms with Gasteiger partial charge < -0.3 is 15.8 Å². The van der Waals surface area contributed by atoms with Gasteiger partial charge >= 0.3 is 0 Å². The Morgan fingerprint density at radius 1 is 1.35 bits per heavy atom. The number of nitrogens with one attached hydrogen (secondary N) is 1. The van der Waals surface area contributed by atoms with Crippen LogP contribution >= 0.6 is 11.3 Å². The van der Waals surface area contributed by atoms with Crippen molar-refractivity contribution in [2.24, 2.45) is 5.73 Å². The molecule has 1 saturated heterocycles. The molecule has 1 fully saturated rings. The Morgan fingerprint density at radius 3 is 2.70 bits per heavy atom. The summed E-state index contributed by atoms with van der Waals surface area (Å²) in [6.07, 6.45) is 2.09. The monoisotopic (exact) mass is 331 g/mol. The number of carbonyl (C=O) groups excluding carboxylic acids is 1. The molecule has 0 aliphatic carbocycles. The third-order valence-electron chi connectivity index (χ3n) is 4.22. The molecule has 0 saturated carbocycles. The summed E-state index contributed by atoms with van der Waals surface area (Å²) in [5.74, 6) is -0.178. The molecule has 1 aromatic heterocycles. The van der Waals surface area contributed by atoms with Crippen molar-refractivity contribution in [2.45, 2.75) is 31.7 Å². The van der Waals surface area contributed by atoms with E-state index in [-0.39, 0.29) is 5.91 Å². The Hall–Kier alpha value is -1.76. The molecule has 3 N–H and O–H groups in total. The number of carbonyl (C=O) groups is 1. The second-order valence-electron chi connectivity index (χ2n) is 5.81. The summed E-state index contributed by atoms with van der Waals surface area (Å²) in [7, 11) is 0. The van der Waals surface area contributed by atoms with Crippen LogP contribution in [0.25, 0.3) is 11.3 Å². The van der Waals surface area contributed by atoms with Gasteiger partial charge in [0.1, 0.15) is 5.54 Å². The van der Waals surface area contributed by atoms with E-state index >= 15 is 0 Å². The number of nitrogens with zero attached hydrogens (tertiary/aromatic N) is 1. The molecule has 1 aromatic carbocycles. The molecule has 1 amide bonds. The fourth-order valence-electron chi connectivity index (χ4n) is 2.56. The van der Waals surface area contributed by atoms with Crippen LogP contribution in [0.2, 0.25) is 0 Å². The van der Waals surface area contributed by atoms with Crippen LogP contribution in [0.15, 0.2) is 29.6 Å². The van der Waals surface area contributed by atoms with Gasteiger partial charge in [-0.05, 0) is 24.8 Å². The Kier molecular flexibility index (Phi) is 4.75. The van der Waals surface area contributed by atoms with E-state index in [4.69, 9.17) is 10.5 Å². The number of hydrogen-bond acceptors (Lipinski definition) is 5. The molecule has 0 unspecified atom stereocenters. The zero-order chi connectivity index (χ0) is 16.3. The third kappa shape index (κ3) is 3.60. The Balaban J connectivity index is 1.70. The zero-order valence-corrected chi connectivity index (χ0v) is 14.0. The molecule has 1 aliphatic heterocycles. The number of anilines is 1. The number of aromatic nitrogens is 1. The molecule has 3 rings (SSSR count). The van der Waals surface area contributed by atoms with Gasteiger partial charge in [-0.25, -0.2) is 4.98 Å². The lowest BCUT2D eigenvalue weighted by atomic mass is 9.90. The summed E-state index contributed by atoms with van der Waals surface area (Å²) >= 11 is 1.42. The van der Waals surface area contributed by atoms with Crippen LogP contribution in [0.5, 0.6) is 0 Å².